The van der Waals surface area contributed by atoms with Crippen LogP contribution in [0.25, 0.3) is 10.8 Å². The Kier molecular flexibility index (Phi) is 4.26. The number of benzene rings is 4. The third-order valence-electron chi connectivity index (χ3n) is 5.13. The molecule has 0 fully saturated rings. The molecule has 1 aliphatic rings. The summed E-state index contributed by atoms with van der Waals surface area (Å²) < 4.78 is 12.7. The van der Waals surface area contributed by atoms with Crippen LogP contribution in [0, 0.1) is 0 Å². The second-order valence-electron chi connectivity index (χ2n) is 7.08. The summed E-state index contributed by atoms with van der Waals surface area (Å²) in [6.07, 6.45) is 0.0453. The molecule has 142 valence electrons. The topological polar surface area (TPSA) is 35.5 Å². The van der Waals surface area contributed by atoms with Crippen LogP contribution in [0.3, 0.4) is 0 Å². The summed E-state index contributed by atoms with van der Waals surface area (Å²) >= 11 is 6.08. The summed E-state index contributed by atoms with van der Waals surface area (Å²) in [6, 6.07) is 28.3. The van der Waals surface area contributed by atoms with Crippen LogP contribution in [-0.2, 0) is 5.79 Å². The van der Waals surface area contributed by atoms with Gasteiger partial charge in [0.1, 0.15) is 0 Å². The highest BCUT2D eigenvalue weighted by Crippen LogP contribution is 2.48. The molecule has 0 unspecified atom stereocenters. The molecule has 3 nitrogen and oxygen atoms in total. The zero-order valence-electron chi connectivity index (χ0n) is 15.5. The number of rotatable bonds is 4. The van der Waals surface area contributed by atoms with E-state index in [0.717, 1.165) is 16.3 Å². The van der Waals surface area contributed by atoms with Gasteiger partial charge in [0.2, 0.25) is 0 Å². The summed E-state index contributed by atoms with van der Waals surface area (Å²) in [5.74, 6) is -0.0473. The third kappa shape index (κ3) is 3.24. The van der Waals surface area contributed by atoms with Crippen molar-refractivity contribution in [2.24, 2.45) is 0 Å². The monoisotopic (exact) mass is 400 g/mol. The summed E-state index contributed by atoms with van der Waals surface area (Å²) in [5.41, 5.74) is 1.36. The molecule has 1 aliphatic heterocycles. The molecule has 0 N–H and O–H groups in total. The molecule has 0 saturated carbocycles. The Morgan fingerprint density at radius 3 is 1.90 bits per heavy atom. The van der Waals surface area contributed by atoms with E-state index < -0.39 is 5.79 Å². The zero-order valence-corrected chi connectivity index (χ0v) is 16.2. The van der Waals surface area contributed by atoms with E-state index in [1.54, 1.807) is 24.3 Å². The highest BCUT2D eigenvalue weighted by atomic mass is 35.5. The van der Waals surface area contributed by atoms with Crippen LogP contribution in [0.4, 0.5) is 0 Å². The highest BCUT2D eigenvalue weighted by Gasteiger charge is 2.45. The molecule has 0 bridgehead atoms. The van der Waals surface area contributed by atoms with Crippen molar-refractivity contribution in [2.45, 2.75) is 12.2 Å². The summed E-state index contributed by atoms with van der Waals surface area (Å²) in [5, 5.41) is 2.71. The van der Waals surface area contributed by atoms with Crippen molar-refractivity contribution in [3.63, 3.8) is 0 Å². The van der Waals surface area contributed by atoms with Crippen LogP contribution >= 0.6 is 11.6 Å². The predicted octanol–water partition coefficient (Wildman–Crippen LogP) is 6.39. The Morgan fingerprint density at radius 1 is 0.759 bits per heavy atom. The molecule has 0 aliphatic carbocycles. The minimum atomic E-state index is -1.24. The van der Waals surface area contributed by atoms with Crippen LogP contribution in [0.5, 0.6) is 11.5 Å². The summed E-state index contributed by atoms with van der Waals surface area (Å²) in [4.78, 5) is 13.0. The van der Waals surface area contributed by atoms with Gasteiger partial charge in [-0.2, -0.15) is 0 Å². The first kappa shape index (κ1) is 17.8. The molecule has 0 atom stereocenters. The van der Waals surface area contributed by atoms with Crippen molar-refractivity contribution in [1.29, 1.82) is 0 Å². The van der Waals surface area contributed by atoms with Gasteiger partial charge in [-0.25, -0.2) is 0 Å². The predicted molar refractivity (Wildman–Crippen MR) is 114 cm³/mol. The largest absolute Gasteiger partial charge is 0.444 e. The number of ether oxygens (including phenoxy) is 2. The van der Waals surface area contributed by atoms with Gasteiger partial charge in [0.25, 0.3) is 5.79 Å². The maximum Gasteiger partial charge on any atom is 0.285 e. The minimum Gasteiger partial charge on any atom is -0.444 e. The average molecular weight is 401 g/mol. The Balaban J connectivity index is 1.58. The van der Waals surface area contributed by atoms with E-state index in [0.29, 0.717) is 22.1 Å². The van der Waals surface area contributed by atoms with Gasteiger partial charge < -0.3 is 9.47 Å². The van der Waals surface area contributed by atoms with Crippen molar-refractivity contribution in [3.8, 4) is 11.5 Å². The quantitative estimate of drug-likeness (QED) is 0.372. The molecule has 0 spiro atoms. The van der Waals surface area contributed by atoms with Crippen LogP contribution in [0.15, 0.2) is 91.0 Å². The molecule has 0 aromatic heterocycles. The van der Waals surface area contributed by atoms with Gasteiger partial charge >= 0.3 is 0 Å². The van der Waals surface area contributed by atoms with Crippen molar-refractivity contribution in [2.75, 3.05) is 0 Å². The maximum absolute atomic E-state index is 13.0. The fourth-order valence-electron chi connectivity index (χ4n) is 3.67. The molecule has 0 amide bonds. The van der Waals surface area contributed by atoms with Gasteiger partial charge in [0.15, 0.2) is 17.3 Å². The maximum atomic E-state index is 13.0. The van der Waals surface area contributed by atoms with Gasteiger partial charge in [-0.1, -0.05) is 66.2 Å². The van der Waals surface area contributed by atoms with Crippen molar-refractivity contribution < 1.29 is 14.3 Å². The molecule has 1 heterocycles. The molecule has 5 rings (SSSR count). The normalized spacial score (nSPS) is 14.1. The standard InChI is InChI=1S/C25H17ClO3/c26-21-12-10-20(11-13-21)25(16-22(27)17-6-2-1-3-7-17)28-23-14-18-8-4-5-9-19(18)15-24(23)29-25/h1-15H,16H2. The van der Waals surface area contributed by atoms with E-state index in [1.165, 1.54) is 0 Å². The fraction of sp³-hybridized carbons (Fsp3) is 0.0800. The fourth-order valence-corrected chi connectivity index (χ4v) is 3.79. The number of hydrogen-bond donors (Lipinski definition) is 0. The molecule has 0 saturated heterocycles. The number of carbonyl (C=O) groups excluding carboxylic acids is 1. The van der Waals surface area contributed by atoms with Gasteiger partial charge in [-0.3, -0.25) is 4.79 Å². The number of halogens is 1. The van der Waals surface area contributed by atoms with Crippen LogP contribution in [-0.4, -0.2) is 5.78 Å². The zero-order chi connectivity index (χ0) is 19.8. The minimum absolute atomic E-state index is 0.0453. The molecular weight excluding hydrogens is 384 g/mol. The lowest BCUT2D eigenvalue weighted by Crippen LogP contribution is -2.38. The van der Waals surface area contributed by atoms with E-state index in [-0.39, 0.29) is 12.2 Å². The Bertz CT molecular complexity index is 1160. The summed E-state index contributed by atoms with van der Waals surface area (Å²) in [7, 11) is 0. The lowest BCUT2D eigenvalue weighted by Gasteiger charge is -2.27. The van der Waals surface area contributed by atoms with Crippen LogP contribution < -0.4 is 9.47 Å². The van der Waals surface area contributed by atoms with E-state index in [1.807, 2.05) is 66.7 Å². The smallest absolute Gasteiger partial charge is 0.285 e. The van der Waals surface area contributed by atoms with Gasteiger partial charge in [0, 0.05) is 16.1 Å². The van der Waals surface area contributed by atoms with Crippen molar-refractivity contribution in [3.05, 3.63) is 107 Å². The van der Waals surface area contributed by atoms with Crippen molar-refractivity contribution in [1.82, 2.24) is 0 Å². The van der Waals surface area contributed by atoms with E-state index in [2.05, 4.69) is 0 Å². The lowest BCUT2D eigenvalue weighted by molar-refractivity contribution is -0.0846. The van der Waals surface area contributed by atoms with E-state index in [9.17, 15) is 4.79 Å². The lowest BCUT2D eigenvalue weighted by atomic mass is 9.96. The second-order valence-corrected chi connectivity index (χ2v) is 7.51. The first-order valence-corrected chi connectivity index (χ1v) is 9.76. The average Bonchev–Trinajstić information content (AvgIpc) is 3.10. The summed E-state index contributed by atoms with van der Waals surface area (Å²) in [6.45, 7) is 0. The Hall–Kier alpha value is -3.30. The molecule has 4 aromatic carbocycles. The second kappa shape index (κ2) is 6.94. The molecule has 4 heteroatoms. The van der Waals surface area contributed by atoms with E-state index in [4.69, 9.17) is 21.1 Å². The number of hydrogen-bond acceptors (Lipinski definition) is 3. The molecule has 4 aromatic rings. The number of Topliss-reactive ketones (excluding diaryl/α,β-unsaturated/α-hetero) is 1. The van der Waals surface area contributed by atoms with Crippen LogP contribution in [0.2, 0.25) is 5.02 Å². The van der Waals surface area contributed by atoms with Gasteiger partial charge in [-0.05, 0) is 47.2 Å². The molecule has 0 radical (unpaired) electrons. The first-order chi connectivity index (χ1) is 14.1. The number of fused-ring (bicyclic) bond motifs is 2. The first-order valence-electron chi connectivity index (χ1n) is 9.38. The number of ketones is 1. The van der Waals surface area contributed by atoms with Crippen LogP contribution in [0.1, 0.15) is 22.3 Å². The third-order valence-corrected chi connectivity index (χ3v) is 5.39. The Labute approximate surface area is 173 Å². The highest BCUT2D eigenvalue weighted by molar-refractivity contribution is 6.30. The van der Waals surface area contributed by atoms with E-state index >= 15 is 0 Å². The molecular formula is C25H17ClO3. The van der Waals surface area contributed by atoms with Gasteiger partial charge in [-0.15, -0.1) is 0 Å². The Morgan fingerprint density at radius 2 is 1.31 bits per heavy atom. The van der Waals surface area contributed by atoms with Crippen molar-refractivity contribution >= 4 is 28.2 Å². The molecule has 29 heavy (non-hydrogen) atoms. The number of carbonyl (C=O) groups is 1. The van der Waals surface area contributed by atoms with Gasteiger partial charge in [0.05, 0.1) is 6.42 Å². The SMILES string of the molecule is O=C(CC1(c2ccc(Cl)cc2)Oc2cc3ccccc3cc2O1)c1ccccc1.